The first-order valence-corrected chi connectivity index (χ1v) is 7.50. The molecule has 0 spiro atoms. The monoisotopic (exact) mass is 270 g/mol. The molecule has 0 unspecified atom stereocenters. The van der Waals surface area contributed by atoms with Crippen LogP contribution < -0.4 is 5.32 Å². The molecule has 0 fully saturated rings. The largest absolute Gasteiger partial charge is 0.318 e. The van der Waals surface area contributed by atoms with Gasteiger partial charge in [-0.1, -0.05) is 19.1 Å². The van der Waals surface area contributed by atoms with E-state index in [1.54, 1.807) is 0 Å². The van der Waals surface area contributed by atoms with Gasteiger partial charge in [-0.05, 0) is 69.5 Å². The lowest BCUT2D eigenvalue weighted by atomic mass is 10.1. The van der Waals surface area contributed by atoms with Crippen LogP contribution in [0, 0.1) is 27.7 Å². The van der Waals surface area contributed by atoms with Gasteiger partial charge in [0.15, 0.2) is 0 Å². The van der Waals surface area contributed by atoms with Crippen LogP contribution in [0.1, 0.15) is 41.4 Å². The van der Waals surface area contributed by atoms with E-state index >= 15 is 0 Å². The molecule has 1 heterocycles. The summed E-state index contributed by atoms with van der Waals surface area (Å²) < 4.78 is 2.38. The molecule has 20 heavy (non-hydrogen) atoms. The Balaban J connectivity index is 2.39. The van der Waals surface area contributed by atoms with E-state index in [1.165, 1.54) is 40.2 Å². The van der Waals surface area contributed by atoms with Crippen LogP contribution >= 0.6 is 0 Å². The van der Waals surface area contributed by atoms with Gasteiger partial charge < -0.3 is 9.88 Å². The maximum atomic E-state index is 3.50. The van der Waals surface area contributed by atoms with Crippen molar-refractivity contribution in [3.8, 4) is 5.69 Å². The molecule has 0 aliphatic heterocycles. The SMILES string of the molecule is CCCNCc1cc(C)n(-c2cc(C)ccc2C)c1C. The first-order valence-electron chi connectivity index (χ1n) is 7.50. The highest BCUT2D eigenvalue weighted by molar-refractivity contribution is 5.48. The van der Waals surface area contributed by atoms with E-state index in [0.29, 0.717) is 0 Å². The van der Waals surface area contributed by atoms with Gasteiger partial charge in [0.2, 0.25) is 0 Å². The van der Waals surface area contributed by atoms with Gasteiger partial charge in [-0.3, -0.25) is 0 Å². The Morgan fingerprint density at radius 2 is 1.80 bits per heavy atom. The molecule has 2 heteroatoms. The number of aryl methyl sites for hydroxylation is 3. The second-order valence-electron chi connectivity index (χ2n) is 5.70. The number of benzene rings is 1. The second kappa shape index (κ2) is 6.27. The number of hydrogen-bond donors (Lipinski definition) is 1. The summed E-state index contributed by atoms with van der Waals surface area (Å²) in [5.74, 6) is 0. The highest BCUT2D eigenvalue weighted by Crippen LogP contribution is 2.24. The summed E-state index contributed by atoms with van der Waals surface area (Å²) in [6.45, 7) is 13.0. The van der Waals surface area contributed by atoms with Gasteiger partial charge in [-0.2, -0.15) is 0 Å². The summed E-state index contributed by atoms with van der Waals surface area (Å²) in [7, 11) is 0. The molecule has 1 aromatic carbocycles. The summed E-state index contributed by atoms with van der Waals surface area (Å²) in [6.07, 6.45) is 1.18. The van der Waals surface area contributed by atoms with Crippen molar-refractivity contribution in [1.82, 2.24) is 9.88 Å². The standard InChI is InChI=1S/C18H26N2/c1-6-9-19-12-17-11-15(4)20(16(17)5)18-10-13(2)7-8-14(18)3/h7-8,10-11,19H,6,9,12H2,1-5H3. The number of nitrogens with zero attached hydrogens (tertiary/aromatic N) is 1. The minimum Gasteiger partial charge on any atom is -0.318 e. The maximum absolute atomic E-state index is 3.50. The third kappa shape index (κ3) is 2.96. The Bertz CT molecular complexity index is 594. The van der Waals surface area contributed by atoms with Crippen molar-refractivity contribution in [3.63, 3.8) is 0 Å². The van der Waals surface area contributed by atoms with Crippen molar-refractivity contribution >= 4 is 0 Å². The quantitative estimate of drug-likeness (QED) is 0.805. The van der Waals surface area contributed by atoms with Crippen molar-refractivity contribution in [2.45, 2.75) is 47.6 Å². The van der Waals surface area contributed by atoms with E-state index in [1.807, 2.05) is 0 Å². The third-order valence-corrected chi connectivity index (χ3v) is 3.88. The summed E-state index contributed by atoms with van der Waals surface area (Å²) in [5, 5.41) is 3.50. The molecule has 0 radical (unpaired) electrons. The fourth-order valence-corrected chi connectivity index (χ4v) is 2.74. The topological polar surface area (TPSA) is 17.0 Å². The molecule has 0 saturated carbocycles. The van der Waals surface area contributed by atoms with Crippen LogP contribution in [0.15, 0.2) is 24.3 Å². The lowest BCUT2D eigenvalue weighted by Crippen LogP contribution is -2.14. The summed E-state index contributed by atoms with van der Waals surface area (Å²) in [4.78, 5) is 0. The van der Waals surface area contributed by atoms with Crippen LogP contribution in [0.25, 0.3) is 5.69 Å². The molecule has 2 aromatic rings. The van der Waals surface area contributed by atoms with E-state index < -0.39 is 0 Å². The van der Waals surface area contributed by atoms with Crippen LogP contribution in [-0.4, -0.2) is 11.1 Å². The zero-order valence-corrected chi connectivity index (χ0v) is 13.4. The zero-order chi connectivity index (χ0) is 14.7. The highest BCUT2D eigenvalue weighted by atomic mass is 15.0. The Morgan fingerprint density at radius 3 is 2.50 bits per heavy atom. The normalized spacial score (nSPS) is 11.1. The average molecular weight is 270 g/mol. The molecule has 1 N–H and O–H groups in total. The summed E-state index contributed by atoms with van der Waals surface area (Å²) in [6, 6.07) is 8.97. The van der Waals surface area contributed by atoms with Gasteiger partial charge in [0.1, 0.15) is 0 Å². The van der Waals surface area contributed by atoms with E-state index in [9.17, 15) is 0 Å². The molecular formula is C18H26N2. The minimum atomic E-state index is 0.957. The van der Waals surface area contributed by atoms with Crippen molar-refractivity contribution in [2.24, 2.45) is 0 Å². The average Bonchev–Trinajstić information content (AvgIpc) is 2.68. The number of aromatic nitrogens is 1. The first kappa shape index (κ1) is 14.9. The molecule has 0 aliphatic carbocycles. The Morgan fingerprint density at radius 1 is 1.05 bits per heavy atom. The Hall–Kier alpha value is -1.54. The summed E-state index contributed by atoms with van der Waals surface area (Å²) in [5.41, 5.74) is 8.00. The molecule has 108 valence electrons. The van der Waals surface area contributed by atoms with E-state index in [0.717, 1.165) is 13.1 Å². The minimum absolute atomic E-state index is 0.957. The van der Waals surface area contributed by atoms with E-state index in [2.05, 4.69) is 68.8 Å². The fourth-order valence-electron chi connectivity index (χ4n) is 2.74. The predicted molar refractivity (Wildman–Crippen MR) is 86.7 cm³/mol. The second-order valence-corrected chi connectivity index (χ2v) is 5.70. The molecule has 0 saturated heterocycles. The number of rotatable bonds is 5. The van der Waals surface area contributed by atoms with Crippen molar-refractivity contribution in [3.05, 3.63) is 52.3 Å². The van der Waals surface area contributed by atoms with Crippen LogP contribution in [0.5, 0.6) is 0 Å². The van der Waals surface area contributed by atoms with Crippen LogP contribution in [-0.2, 0) is 6.54 Å². The molecule has 1 aromatic heterocycles. The molecule has 0 bridgehead atoms. The lowest BCUT2D eigenvalue weighted by molar-refractivity contribution is 0.672. The third-order valence-electron chi connectivity index (χ3n) is 3.88. The first-order chi connectivity index (χ1) is 9.54. The van der Waals surface area contributed by atoms with Crippen LogP contribution in [0.4, 0.5) is 0 Å². The van der Waals surface area contributed by atoms with Crippen molar-refractivity contribution < 1.29 is 0 Å². The maximum Gasteiger partial charge on any atom is 0.0486 e. The molecule has 0 aliphatic rings. The van der Waals surface area contributed by atoms with Gasteiger partial charge in [-0.15, -0.1) is 0 Å². The van der Waals surface area contributed by atoms with Crippen LogP contribution in [0.3, 0.4) is 0 Å². The molecular weight excluding hydrogens is 244 g/mol. The van der Waals surface area contributed by atoms with Crippen LogP contribution in [0.2, 0.25) is 0 Å². The summed E-state index contributed by atoms with van der Waals surface area (Å²) >= 11 is 0. The molecule has 2 rings (SSSR count). The smallest absolute Gasteiger partial charge is 0.0486 e. The van der Waals surface area contributed by atoms with Crippen molar-refractivity contribution in [2.75, 3.05) is 6.54 Å². The Kier molecular flexibility index (Phi) is 4.66. The van der Waals surface area contributed by atoms with Gasteiger partial charge in [0.25, 0.3) is 0 Å². The zero-order valence-electron chi connectivity index (χ0n) is 13.4. The van der Waals surface area contributed by atoms with E-state index in [4.69, 9.17) is 0 Å². The molecule has 0 atom stereocenters. The number of hydrogen-bond acceptors (Lipinski definition) is 1. The van der Waals surface area contributed by atoms with E-state index in [-0.39, 0.29) is 0 Å². The lowest BCUT2D eigenvalue weighted by Gasteiger charge is -2.14. The predicted octanol–water partition coefficient (Wildman–Crippen LogP) is 4.21. The van der Waals surface area contributed by atoms with Crippen molar-refractivity contribution in [1.29, 1.82) is 0 Å². The highest BCUT2D eigenvalue weighted by Gasteiger charge is 2.12. The van der Waals surface area contributed by atoms with Gasteiger partial charge >= 0.3 is 0 Å². The van der Waals surface area contributed by atoms with Gasteiger partial charge in [-0.25, -0.2) is 0 Å². The molecule has 0 amide bonds. The number of nitrogens with one attached hydrogen (secondary N) is 1. The fraction of sp³-hybridized carbons (Fsp3) is 0.444. The van der Waals surface area contributed by atoms with Gasteiger partial charge in [0.05, 0.1) is 0 Å². The van der Waals surface area contributed by atoms with Gasteiger partial charge in [0, 0.05) is 23.6 Å². The molecule has 2 nitrogen and oxygen atoms in total. The Labute approximate surface area is 122 Å².